The summed E-state index contributed by atoms with van der Waals surface area (Å²) < 4.78 is 6.26. The van der Waals surface area contributed by atoms with Crippen LogP contribution in [0.3, 0.4) is 0 Å². The van der Waals surface area contributed by atoms with Crippen LogP contribution in [0.15, 0.2) is 36.4 Å². The number of ether oxygens (including phenoxy) is 1. The first kappa shape index (κ1) is 13.3. The minimum absolute atomic E-state index is 0.619. The molecule has 0 saturated carbocycles. The van der Waals surface area contributed by atoms with Crippen LogP contribution >= 0.6 is 34.2 Å². The van der Waals surface area contributed by atoms with E-state index in [1.54, 1.807) is 13.2 Å². The second-order valence-electron chi connectivity index (χ2n) is 3.70. The molecule has 0 aliphatic carbocycles. The summed E-state index contributed by atoms with van der Waals surface area (Å²) >= 11 is 8.34. The highest BCUT2D eigenvalue weighted by atomic mass is 127. The first-order chi connectivity index (χ1) is 8.60. The maximum absolute atomic E-state index is 6.13. The molecule has 0 heterocycles. The fraction of sp³-hybridized carbons (Fsp3) is 0.0769. The summed E-state index contributed by atoms with van der Waals surface area (Å²) in [5, 5.41) is 3.82. The molecule has 0 amide bonds. The number of methoxy groups -OCH3 is 1. The number of hydrogen-bond donors (Lipinski definition) is 2. The van der Waals surface area contributed by atoms with E-state index in [1.807, 2.05) is 30.3 Å². The maximum Gasteiger partial charge on any atom is 0.121 e. The SMILES string of the molecule is COc1ccc(Cl)c(Nc2ccc(I)cc2N)c1. The monoisotopic (exact) mass is 374 g/mol. The van der Waals surface area contributed by atoms with Crippen LogP contribution in [-0.4, -0.2) is 7.11 Å². The zero-order chi connectivity index (χ0) is 13.1. The molecule has 0 spiro atoms. The molecule has 3 nitrogen and oxygen atoms in total. The highest BCUT2D eigenvalue weighted by Crippen LogP contribution is 2.31. The molecule has 5 heteroatoms. The van der Waals surface area contributed by atoms with Gasteiger partial charge < -0.3 is 15.8 Å². The van der Waals surface area contributed by atoms with Gasteiger partial charge in [-0.25, -0.2) is 0 Å². The fourth-order valence-corrected chi connectivity index (χ4v) is 2.20. The molecule has 3 N–H and O–H groups in total. The Morgan fingerprint density at radius 1 is 1.17 bits per heavy atom. The van der Waals surface area contributed by atoms with Gasteiger partial charge in [0, 0.05) is 9.64 Å². The van der Waals surface area contributed by atoms with E-state index in [1.165, 1.54) is 0 Å². The quantitative estimate of drug-likeness (QED) is 0.623. The third-order valence-electron chi connectivity index (χ3n) is 2.46. The summed E-state index contributed by atoms with van der Waals surface area (Å²) in [4.78, 5) is 0. The molecule has 2 rings (SSSR count). The summed E-state index contributed by atoms with van der Waals surface area (Å²) in [5.74, 6) is 0.742. The second kappa shape index (κ2) is 5.67. The van der Waals surface area contributed by atoms with Gasteiger partial charge in [0.05, 0.1) is 29.2 Å². The van der Waals surface area contributed by atoms with Crippen LogP contribution in [-0.2, 0) is 0 Å². The van der Waals surface area contributed by atoms with Crippen LogP contribution in [0.4, 0.5) is 17.1 Å². The molecule has 0 fully saturated rings. The van der Waals surface area contributed by atoms with Crippen molar-refractivity contribution in [2.24, 2.45) is 0 Å². The van der Waals surface area contributed by atoms with Gasteiger partial charge in [-0.05, 0) is 52.9 Å². The molecular formula is C13H12ClIN2O. The van der Waals surface area contributed by atoms with Crippen molar-refractivity contribution in [1.29, 1.82) is 0 Å². The van der Waals surface area contributed by atoms with Crippen LogP contribution in [0.25, 0.3) is 0 Å². The van der Waals surface area contributed by atoms with E-state index in [0.29, 0.717) is 10.7 Å². The molecule has 18 heavy (non-hydrogen) atoms. The number of nitrogens with one attached hydrogen (secondary N) is 1. The van der Waals surface area contributed by atoms with Crippen LogP contribution in [0.2, 0.25) is 5.02 Å². The summed E-state index contributed by atoms with van der Waals surface area (Å²) in [6.45, 7) is 0. The molecular weight excluding hydrogens is 363 g/mol. The highest BCUT2D eigenvalue weighted by molar-refractivity contribution is 14.1. The predicted molar refractivity (Wildman–Crippen MR) is 84.9 cm³/mol. The Morgan fingerprint density at radius 3 is 2.61 bits per heavy atom. The first-order valence-electron chi connectivity index (χ1n) is 5.26. The Bertz CT molecular complexity index is 575. The normalized spacial score (nSPS) is 10.2. The van der Waals surface area contributed by atoms with Gasteiger partial charge in [-0.2, -0.15) is 0 Å². The van der Waals surface area contributed by atoms with Gasteiger partial charge in [0.1, 0.15) is 5.75 Å². The minimum Gasteiger partial charge on any atom is -0.497 e. The van der Waals surface area contributed by atoms with Gasteiger partial charge in [0.15, 0.2) is 0 Å². The van der Waals surface area contributed by atoms with Crippen molar-refractivity contribution in [3.8, 4) is 5.75 Å². The lowest BCUT2D eigenvalue weighted by molar-refractivity contribution is 0.415. The fourth-order valence-electron chi connectivity index (χ4n) is 1.52. The molecule has 0 atom stereocenters. The van der Waals surface area contributed by atoms with Gasteiger partial charge in [-0.1, -0.05) is 11.6 Å². The molecule has 0 bridgehead atoms. The number of nitrogen functional groups attached to an aromatic ring is 1. The smallest absolute Gasteiger partial charge is 0.121 e. The predicted octanol–water partition coefficient (Wildman–Crippen LogP) is 4.28. The lowest BCUT2D eigenvalue weighted by Crippen LogP contribution is -1.97. The largest absolute Gasteiger partial charge is 0.497 e. The van der Waals surface area contributed by atoms with Gasteiger partial charge in [0.25, 0.3) is 0 Å². The molecule has 0 aliphatic heterocycles. The Hall–Kier alpha value is -1.14. The van der Waals surface area contributed by atoms with Gasteiger partial charge >= 0.3 is 0 Å². The number of hydrogen-bond acceptors (Lipinski definition) is 3. The lowest BCUT2D eigenvalue weighted by Gasteiger charge is -2.12. The zero-order valence-corrected chi connectivity index (χ0v) is 12.6. The van der Waals surface area contributed by atoms with Crippen molar-refractivity contribution >= 4 is 51.3 Å². The van der Waals surface area contributed by atoms with Crippen molar-refractivity contribution in [2.45, 2.75) is 0 Å². The number of rotatable bonds is 3. The van der Waals surface area contributed by atoms with Crippen molar-refractivity contribution < 1.29 is 4.74 Å². The van der Waals surface area contributed by atoms with Crippen molar-refractivity contribution in [2.75, 3.05) is 18.2 Å². The van der Waals surface area contributed by atoms with Gasteiger partial charge in [0.2, 0.25) is 0 Å². The van der Waals surface area contributed by atoms with E-state index in [0.717, 1.165) is 20.7 Å². The Labute approximate surface area is 124 Å². The van der Waals surface area contributed by atoms with Crippen LogP contribution in [0.5, 0.6) is 5.75 Å². The van der Waals surface area contributed by atoms with Crippen molar-refractivity contribution in [3.05, 3.63) is 45.0 Å². The molecule has 0 saturated heterocycles. The number of halogens is 2. The summed E-state index contributed by atoms with van der Waals surface area (Å²) in [5.41, 5.74) is 8.22. The first-order valence-corrected chi connectivity index (χ1v) is 6.71. The van der Waals surface area contributed by atoms with E-state index >= 15 is 0 Å². The molecule has 0 aliphatic rings. The van der Waals surface area contributed by atoms with Crippen molar-refractivity contribution in [1.82, 2.24) is 0 Å². The van der Waals surface area contributed by atoms with E-state index in [-0.39, 0.29) is 0 Å². The van der Waals surface area contributed by atoms with Gasteiger partial charge in [-0.3, -0.25) is 0 Å². The minimum atomic E-state index is 0.619. The summed E-state index contributed by atoms with van der Waals surface area (Å²) in [6, 6.07) is 11.2. The summed E-state index contributed by atoms with van der Waals surface area (Å²) in [7, 11) is 1.62. The van der Waals surface area contributed by atoms with E-state index in [2.05, 4.69) is 27.9 Å². The second-order valence-corrected chi connectivity index (χ2v) is 5.36. The molecule has 0 radical (unpaired) electrons. The van der Waals surface area contributed by atoms with E-state index < -0.39 is 0 Å². The Morgan fingerprint density at radius 2 is 1.94 bits per heavy atom. The number of benzene rings is 2. The lowest BCUT2D eigenvalue weighted by atomic mass is 10.2. The third kappa shape index (κ3) is 3.00. The Balaban J connectivity index is 2.33. The Kier molecular flexibility index (Phi) is 4.19. The third-order valence-corrected chi connectivity index (χ3v) is 3.46. The highest BCUT2D eigenvalue weighted by Gasteiger charge is 2.05. The molecule has 2 aromatic carbocycles. The van der Waals surface area contributed by atoms with Crippen molar-refractivity contribution in [3.63, 3.8) is 0 Å². The molecule has 94 valence electrons. The topological polar surface area (TPSA) is 47.3 Å². The van der Waals surface area contributed by atoms with Crippen LogP contribution < -0.4 is 15.8 Å². The standard InChI is InChI=1S/C13H12ClIN2O/c1-18-9-3-4-10(14)13(7-9)17-12-5-2-8(15)6-11(12)16/h2-7,17H,16H2,1H3. The average Bonchev–Trinajstić information content (AvgIpc) is 2.35. The molecule has 2 aromatic rings. The van der Waals surface area contributed by atoms with Crippen LogP contribution in [0.1, 0.15) is 0 Å². The average molecular weight is 375 g/mol. The van der Waals surface area contributed by atoms with E-state index in [4.69, 9.17) is 22.1 Å². The number of nitrogens with two attached hydrogens (primary N) is 1. The maximum atomic E-state index is 6.13. The summed E-state index contributed by atoms with van der Waals surface area (Å²) in [6.07, 6.45) is 0. The van der Waals surface area contributed by atoms with E-state index in [9.17, 15) is 0 Å². The molecule has 0 unspecified atom stereocenters. The molecule has 0 aromatic heterocycles. The van der Waals surface area contributed by atoms with Gasteiger partial charge in [-0.15, -0.1) is 0 Å². The number of anilines is 3. The zero-order valence-electron chi connectivity index (χ0n) is 9.71. The van der Waals surface area contributed by atoms with Crippen LogP contribution in [0, 0.1) is 3.57 Å².